The van der Waals surface area contributed by atoms with E-state index in [1.807, 2.05) is 0 Å². The molecule has 1 aliphatic heterocycles. The number of benzene rings is 1. The topological polar surface area (TPSA) is 10.4 Å². The van der Waals surface area contributed by atoms with Crippen molar-refractivity contribution in [3.05, 3.63) is 59.6 Å². The lowest BCUT2D eigenvalue weighted by molar-refractivity contribution is -0.666. The molecular formula is C23H30N3+. The number of anilines is 1. The van der Waals surface area contributed by atoms with Gasteiger partial charge in [0.15, 0.2) is 5.69 Å². The summed E-state index contributed by atoms with van der Waals surface area (Å²) < 4.78 is 2.29. The van der Waals surface area contributed by atoms with Gasteiger partial charge in [-0.15, -0.1) is 0 Å². The minimum absolute atomic E-state index is 0.720. The molecule has 4 rings (SSSR count). The molecule has 0 unspecified atom stereocenters. The van der Waals surface area contributed by atoms with Crippen LogP contribution in [0.15, 0.2) is 48.3 Å². The Hall–Kier alpha value is -2.29. The first-order valence-electron chi connectivity index (χ1n) is 9.81. The quantitative estimate of drug-likeness (QED) is 0.754. The summed E-state index contributed by atoms with van der Waals surface area (Å²) in [4.78, 5) is 4.87. The molecule has 26 heavy (non-hydrogen) atoms. The average molecular weight is 349 g/mol. The van der Waals surface area contributed by atoms with Crippen LogP contribution in [0.2, 0.25) is 0 Å². The highest BCUT2D eigenvalue weighted by Crippen LogP contribution is 2.40. The minimum Gasteiger partial charge on any atom is -0.361 e. The second-order valence-electron chi connectivity index (χ2n) is 7.92. The maximum Gasteiger partial charge on any atom is 0.212 e. The number of pyridine rings is 1. The number of rotatable bonds is 3. The van der Waals surface area contributed by atoms with Crippen LogP contribution in [0, 0.1) is 19.8 Å². The summed E-state index contributed by atoms with van der Waals surface area (Å²) in [6.07, 6.45) is 7.79. The van der Waals surface area contributed by atoms with Crippen molar-refractivity contribution in [2.45, 2.75) is 39.5 Å². The van der Waals surface area contributed by atoms with E-state index in [1.54, 1.807) is 0 Å². The van der Waals surface area contributed by atoms with Crippen molar-refractivity contribution in [1.29, 1.82) is 0 Å². The van der Waals surface area contributed by atoms with Gasteiger partial charge in [0.2, 0.25) is 5.69 Å². The van der Waals surface area contributed by atoms with Crippen LogP contribution in [0.3, 0.4) is 0 Å². The van der Waals surface area contributed by atoms with Gasteiger partial charge >= 0.3 is 0 Å². The van der Waals surface area contributed by atoms with Gasteiger partial charge in [-0.25, -0.2) is 0 Å². The molecule has 1 aliphatic carbocycles. The van der Waals surface area contributed by atoms with E-state index in [4.69, 9.17) is 0 Å². The first kappa shape index (κ1) is 17.1. The lowest BCUT2D eigenvalue weighted by atomic mass is 9.99. The highest BCUT2D eigenvalue weighted by atomic mass is 15.3. The highest BCUT2D eigenvalue weighted by molar-refractivity contribution is 5.72. The summed E-state index contributed by atoms with van der Waals surface area (Å²) in [6.45, 7) is 5.40. The number of aryl methyl sites for hydroxylation is 1. The second kappa shape index (κ2) is 6.79. The fraction of sp³-hybridized carbons (Fsp3) is 0.435. The zero-order valence-corrected chi connectivity index (χ0v) is 16.5. The number of aromatic nitrogens is 1. The van der Waals surface area contributed by atoms with Crippen LogP contribution in [0.1, 0.15) is 36.9 Å². The maximum atomic E-state index is 2.55. The fourth-order valence-corrected chi connectivity index (χ4v) is 4.56. The van der Waals surface area contributed by atoms with E-state index in [2.05, 4.69) is 84.9 Å². The Morgan fingerprint density at radius 2 is 1.73 bits per heavy atom. The van der Waals surface area contributed by atoms with Gasteiger partial charge in [-0.2, -0.15) is 4.57 Å². The molecule has 0 radical (unpaired) electrons. The lowest BCUT2D eigenvalue weighted by Crippen LogP contribution is -2.34. The molecule has 0 spiro atoms. The molecule has 1 saturated carbocycles. The molecule has 2 heterocycles. The first-order valence-corrected chi connectivity index (χ1v) is 9.81. The van der Waals surface area contributed by atoms with E-state index in [1.165, 1.54) is 59.6 Å². The molecule has 0 saturated heterocycles. The van der Waals surface area contributed by atoms with Crippen LogP contribution in [-0.2, 0) is 7.05 Å². The Morgan fingerprint density at radius 1 is 1.00 bits per heavy atom. The van der Waals surface area contributed by atoms with Crippen molar-refractivity contribution in [3.8, 4) is 11.3 Å². The van der Waals surface area contributed by atoms with E-state index >= 15 is 0 Å². The molecule has 1 aromatic heterocycles. The lowest BCUT2D eigenvalue weighted by Gasteiger charge is -2.28. The van der Waals surface area contributed by atoms with Gasteiger partial charge in [-0.05, 0) is 43.5 Å². The maximum absolute atomic E-state index is 2.55. The SMILES string of the molecule is Cc1c(-c2cccc(C)[n+]2C)cccc1N1CN(C)C=C1C1CCCC1. The van der Waals surface area contributed by atoms with E-state index in [0.29, 0.717) is 0 Å². The Balaban J connectivity index is 1.76. The van der Waals surface area contributed by atoms with Gasteiger partial charge in [-0.3, -0.25) is 0 Å². The van der Waals surface area contributed by atoms with Crippen molar-refractivity contribution >= 4 is 5.69 Å². The second-order valence-corrected chi connectivity index (χ2v) is 7.92. The molecule has 1 aromatic carbocycles. The van der Waals surface area contributed by atoms with Crippen molar-refractivity contribution in [2.24, 2.45) is 13.0 Å². The Labute approximate surface area is 157 Å². The molecule has 0 bridgehead atoms. The predicted molar refractivity (Wildman–Crippen MR) is 108 cm³/mol. The van der Waals surface area contributed by atoms with Gasteiger partial charge in [-0.1, -0.05) is 18.9 Å². The first-order chi connectivity index (χ1) is 12.6. The number of hydrogen-bond donors (Lipinski definition) is 0. The number of allylic oxidation sites excluding steroid dienone is 1. The van der Waals surface area contributed by atoms with Crippen LogP contribution < -0.4 is 9.47 Å². The summed E-state index contributed by atoms with van der Waals surface area (Å²) >= 11 is 0. The Morgan fingerprint density at radius 3 is 2.50 bits per heavy atom. The number of hydrogen-bond acceptors (Lipinski definition) is 2. The zero-order chi connectivity index (χ0) is 18.3. The van der Waals surface area contributed by atoms with E-state index in [9.17, 15) is 0 Å². The van der Waals surface area contributed by atoms with Crippen molar-refractivity contribution in [3.63, 3.8) is 0 Å². The Kier molecular flexibility index (Phi) is 4.47. The standard InChI is InChI=1S/C23H30N3/c1-17-9-7-14-22(25(17)4)20-12-8-13-21(18(20)2)26-16-24(3)15-23(26)19-10-5-6-11-19/h7-9,12-15,19H,5-6,10-11,16H2,1-4H3/q+1. The molecule has 2 aromatic rings. The summed E-state index contributed by atoms with van der Waals surface area (Å²) in [5.41, 5.74) is 8.12. The van der Waals surface area contributed by atoms with Crippen LogP contribution in [0.4, 0.5) is 5.69 Å². The smallest absolute Gasteiger partial charge is 0.212 e. The normalized spacial score (nSPS) is 17.9. The van der Waals surface area contributed by atoms with Gasteiger partial charge in [0.05, 0.1) is 12.2 Å². The van der Waals surface area contributed by atoms with Crippen molar-refractivity contribution in [2.75, 3.05) is 18.6 Å². The third kappa shape index (κ3) is 2.90. The largest absolute Gasteiger partial charge is 0.361 e. The molecule has 0 N–H and O–H groups in total. The molecule has 136 valence electrons. The monoisotopic (exact) mass is 348 g/mol. The van der Waals surface area contributed by atoms with E-state index in [-0.39, 0.29) is 0 Å². The van der Waals surface area contributed by atoms with Gasteiger partial charge in [0.1, 0.15) is 7.05 Å². The molecule has 1 fully saturated rings. The molecule has 0 amide bonds. The minimum atomic E-state index is 0.720. The summed E-state index contributed by atoms with van der Waals surface area (Å²) in [7, 11) is 4.35. The molecule has 2 aliphatic rings. The van der Waals surface area contributed by atoms with Crippen LogP contribution in [0.5, 0.6) is 0 Å². The third-order valence-electron chi connectivity index (χ3n) is 6.16. The summed E-state index contributed by atoms with van der Waals surface area (Å²) in [6, 6.07) is 13.3. The molecule has 0 atom stereocenters. The van der Waals surface area contributed by atoms with Crippen LogP contribution in [-0.4, -0.2) is 18.6 Å². The average Bonchev–Trinajstić information content (AvgIpc) is 3.27. The van der Waals surface area contributed by atoms with Gasteiger partial charge < -0.3 is 9.80 Å². The number of nitrogens with zero attached hydrogens (tertiary/aromatic N) is 3. The summed E-state index contributed by atoms with van der Waals surface area (Å²) in [5, 5.41) is 0. The fourth-order valence-electron chi connectivity index (χ4n) is 4.56. The van der Waals surface area contributed by atoms with Crippen molar-refractivity contribution in [1.82, 2.24) is 4.90 Å². The van der Waals surface area contributed by atoms with Crippen molar-refractivity contribution < 1.29 is 4.57 Å². The predicted octanol–water partition coefficient (Wildman–Crippen LogP) is 4.54. The molecular weight excluding hydrogens is 318 g/mol. The van der Waals surface area contributed by atoms with E-state index in [0.717, 1.165) is 12.6 Å². The van der Waals surface area contributed by atoms with Gasteiger partial charge in [0, 0.05) is 49.6 Å². The zero-order valence-electron chi connectivity index (χ0n) is 16.5. The summed E-state index contributed by atoms with van der Waals surface area (Å²) in [5.74, 6) is 0.720. The Bertz CT molecular complexity index is 847. The van der Waals surface area contributed by atoms with E-state index < -0.39 is 0 Å². The van der Waals surface area contributed by atoms with Gasteiger partial charge in [0.25, 0.3) is 0 Å². The molecule has 3 heteroatoms. The highest BCUT2D eigenvalue weighted by Gasteiger charge is 2.30. The molecule has 3 nitrogen and oxygen atoms in total. The van der Waals surface area contributed by atoms with Crippen LogP contribution >= 0.6 is 0 Å². The third-order valence-corrected chi connectivity index (χ3v) is 6.16. The van der Waals surface area contributed by atoms with Crippen LogP contribution in [0.25, 0.3) is 11.3 Å².